The molecular weight excluding hydrogens is 617 g/mol. The van der Waals surface area contributed by atoms with Gasteiger partial charge >= 0.3 is 0 Å². The molecule has 1 aliphatic rings. The molecule has 0 saturated carbocycles. The van der Waals surface area contributed by atoms with Gasteiger partial charge in [-0.05, 0) is 80.1 Å². The van der Waals surface area contributed by atoms with Crippen LogP contribution in [0.3, 0.4) is 0 Å². The highest BCUT2D eigenvalue weighted by atomic mass is 19.1. The molecule has 49 heavy (non-hydrogen) atoms. The van der Waals surface area contributed by atoms with Crippen molar-refractivity contribution in [3.8, 4) is 22.4 Å². The number of amides is 2. The van der Waals surface area contributed by atoms with Crippen molar-refractivity contribution in [2.24, 2.45) is 0 Å². The minimum Gasteiger partial charge on any atom is -0.347 e. The summed E-state index contributed by atoms with van der Waals surface area (Å²) in [7, 11) is 1.85. The van der Waals surface area contributed by atoms with Crippen LogP contribution in [0.1, 0.15) is 88.7 Å². The minimum absolute atomic E-state index is 0.0238. The molecule has 3 aromatic carbocycles. The van der Waals surface area contributed by atoms with Crippen molar-refractivity contribution >= 4 is 17.5 Å². The number of benzene rings is 3. The number of aromatic nitrogens is 1. The van der Waals surface area contributed by atoms with Crippen LogP contribution in [0, 0.1) is 5.82 Å². The van der Waals surface area contributed by atoms with Crippen LogP contribution in [0.15, 0.2) is 84.9 Å². The summed E-state index contributed by atoms with van der Waals surface area (Å²) in [6.07, 6.45) is 3.03. The molecule has 0 spiro atoms. The highest BCUT2D eigenvalue weighted by Crippen LogP contribution is 2.43. The van der Waals surface area contributed by atoms with Crippen molar-refractivity contribution in [2.75, 3.05) is 18.9 Å². The lowest BCUT2D eigenvalue weighted by Gasteiger charge is -2.41. The maximum absolute atomic E-state index is 14.4. The fraction of sp³-hybridized carbons (Fsp3) is 0.415. The number of anilines is 1. The Kier molecular flexibility index (Phi) is 11.7. The van der Waals surface area contributed by atoms with Gasteiger partial charge in [-0.15, -0.1) is 0 Å². The van der Waals surface area contributed by atoms with E-state index in [1.165, 1.54) is 12.1 Å². The second-order valence-electron chi connectivity index (χ2n) is 13.8. The average molecular weight is 668 g/mol. The molecule has 260 valence electrons. The Morgan fingerprint density at radius 3 is 2.20 bits per heavy atom. The van der Waals surface area contributed by atoms with Crippen molar-refractivity contribution in [3.63, 3.8) is 0 Å². The van der Waals surface area contributed by atoms with Gasteiger partial charge in [0.05, 0.1) is 29.9 Å². The van der Waals surface area contributed by atoms with E-state index in [0.717, 1.165) is 47.5 Å². The Morgan fingerprint density at radius 1 is 0.939 bits per heavy atom. The number of carbonyl (C=O) groups excluding carboxylic acids is 2. The Hall–Kier alpha value is -4.27. The smallest absolute Gasteiger partial charge is 0.258 e. The summed E-state index contributed by atoms with van der Waals surface area (Å²) in [4.78, 5) is 29.2. The summed E-state index contributed by atoms with van der Waals surface area (Å²) in [6.45, 7) is 11.4. The van der Waals surface area contributed by atoms with Gasteiger partial charge in [0.1, 0.15) is 5.82 Å². The van der Waals surface area contributed by atoms with Crippen LogP contribution in [-0.2, 0) is 20.8 Å². The van der Waals surface area contributed by atoms with E-state index in [1.54, 1.807) is 17.0 Å². The van der Waals surface area contributed by atoms with E-state index in [-0.39, 0.29) is 35.8 Å². The quantitative estimate of drug-likeness (QED) is 0.154. The van der Waals surface area contributed by atoms with Crippen LogP contribution in [0.4, 0.5) is 10.1 Å². The largest absolute Gasteiger partial charge is 0.347 e. The third kappa shape index (κ3) is 8.86. The predicted octanol–water partition coefficient (Wildman–Crippen LogP) is 9.29. The minimum atomic E-state index is -0.858. The van der Waals surface area contributed by atoms with E-state index in [2.05, 4.69) is 30.7 Å². The van der Waals surface area contributed by atoms with E-state index in [9.17, 15) is 14.0 Å². The lowest BCUT2D eigenvalue weighted by Crippen LogP contribution is -2.46. The van der Waals surface area contributed by atoms with Crippen LogP contribution < -0.4 is 5.32 Å². The van der Waals surface area contributed by atoms with Crippen LogP contribution in [-0.4, -0.2) is 52.9 Å². The Bertz CT molecular complexity index is 1700. The van der Waals surface area contributed by atoms with Crippen molar-refractivity contribution in [3.05, 3.63) is 102 Å². The number of rotatable bonds is 13. The maximum Gasteiger partial charge on any atom is 0.258 e. The zero-order valence-electron chi connectivity index (χ0n) is 29.7. The first-order chi connectivity index (χ1) is 23.5. The lowest BCUT2D eigenvalue weighted by molar-refractivity contribution is -0.300. The van der Waals surface area contributed by atoms with E-state index in [4.69, 9.17) is 9.47 Å². The normalized spacial score (nSPS) is 17.2. The molecule has 4 aromatic rings. The number of halogens is 1. The SMILES string of the molecule is CCCCN(C)C(=O)CC1CC(CCn2c(-c3ccc(F)cc3)c(-c3ccccc3)c(C(=O)Nc3ccccc3)c2C(C)C)OC(C)(C)O1. The first kappa shape index (κ1) is 36.0. The summed E-state index contributed by atoms with van der Waals surface area (Å²) in [6, 6.07) is 25.9. The molecule has 2 amide bonds. The number of ether oxygens (including phenoxy) is 2. The molecule has 2 heterocycles. The van der Waals surface area contributed by atoms with Gasteiger partial charge in [-0.2, -0.15) is 0 Å². The molecule has 1 fully saturated rings. The third-order valence-electron chi connectivity index (χ3n) is 9.07. The fourth-order valence-corrected chi connectivity index (χ4v) is 6.87. The summed E-state index contributed by atoms with van der Waals surface area (Å²) in [5.74, 6) is -1.34. The lowest BCUT2D eigenvalue weighted by atomic mass is 9.94. The maximum atomic E-state index is 14.4. The zero-order chi connectivity index (χ0) is 35.1. The molecule has 0 aliphatic carbocycles. The summed E-state index contributed by atoms with van der Waals surface area (Å²) in [5.41, 5.74) is 5.55. The van der Waals surface area contributed by atoms with Gasteiger partial charge in [0.2, 0.25) is 5.91 Å². The molecule has 1 aliphatic heterocycles. The van der Waals surface area contributed by atoms with Crippen LogP contribution in [0.25, 0.3) is 22.4 Å². The van der Waals surface area contributed by atoms with E-state index >= 15 is 0 Å². The first-order valence-electron chi connectivity index (χ1n) is 17.5. The van der Waals surface area contributed by atoms with E-state index < -0.39 is 5.79 Å². The topological polar surface area (TPSA) is 72.8 Å². The molecule has 1 saturated heterocycles. The zero-order valence-corrected chi connectivity index (χ0v) is 29.7. The molecule has 8 heteroatoms. The van der Waals surface area contributed by atoms with Crippen molar-refractivity contribution in [1.29, 1.82) is 0 Å². The monoisotopic (exact) mass is 667 g/mol. The van der Waals surface area contributed by atoms with Gasteiger partial charge < -0.3 is 24.3 Å². The molecule has 2 atom stereocenters. The van der Waals surface area contributed by atoms with E-state index in [1.807, 2.05) is 81.6 Å². The Balaban J connectivity index is 1.56. The second kappa shape index (κ2) is 16.0. The average Bonchev–Trinajstić information content (AvgIpc) is 3.42. The van der Waals surface area contributed by atoms with Crippen LogP contribution in [0.2, 0.25) is 0 Å². The van der Waals surface area contributed by atoms with Crippen molar-refractivity contribution in [1.82, 2.24) is 9.47 Å². The van der Waals surface area contributed by atoms with Crippen LogP contribution in [0.5, 0.6) is 0 Å². The van der Waals surface area contributed by atoms with Gasteiger partial charge in [0.25, 0.3) is 5.91 Å². The van der Waals surface area contributed by atoms with Crippen LogP contribution >= 0.6 is 0 Å². The fourth-order valence-electron chi connectivity index (χ4n) is 6.87. The van der Waals surface area contributed by atoms with Gasteiger partial charge in [-0.1, -0.05) is 75.7 Å². The number of hydrogen-bond acceptors (Lipinski definition) is 4. The first-order valence-corrected chi connectivity index (χ1v) is 17.5. The van der Waals surface area contributed by atoms with Crippen molar-refractivity contribution in [2.45, 2.75) is 97.2 Å². The summed E-state index contributed by atoms with van der Waals surface area (Å²) in [5, 5.41) is 3.14. The van der Waals surface area contributed by atoms with Crippen molar-refractivity contribution < 1.29 is 23.5 Å². The number of unbranched alkanes of at least 4 members (excludes halogenated alkanes) is 1. The van der Waals surface area contributed by atoms with Gasteiger partial charge in [-0.25, -0.2) is 4.39 Å². The molecule has 1 aromatic heterocycles. The molecule has 7 nitrogen and oxygen atoms in total. The standard InChI is InChI=1S/C41H50FN3O4/c1-7-8-24-44(6)35(46)27-34-26-33(48-41(4,5)49-34)23-25-45-38(28(2)3)37(40(47)43-32-17-13-10-14-18-32)36(29-15-11-9-12-16-29)39(45)30-19-21-31(42)22-20-30/h9-22,28,33-34H,7-8,23-27H2,1-6H3,(H,43,47). The Morgan fingerprint density at radius 2 is 1.57 bits per heavy atom. The molecule has 0 bridgehead atoms. The highest BCUT2D eigenvalue weighted by Gasteiger charge is 2.37. The summed E-state index contributed by atoms with van der Waals surface area (Å²) >= 11 is 0. The molecule has 1 N–H and O–H groups in total. The molecular formula is C41H50FN3O4. The van der Waals surface area contributed by atoms with Gasteiger partial charge in [0.15, 0.2) is 5.79 Å². The molecule has 5 rings (SSSR count). The van der Waals surface area contributed by atoms with E-state index in [0.29, 0.717) is 37.1 Å². The third-order valence-corrected chi connectivity index (χ3v) is 9.07. The number of para-hydroxylation sites is 1. The predicted molar refractivity (Wildman–Crippen MR) is 194 cm³/mol. The van der Waals surface area contributed by atoms with Gasteiger partial charge in [-0.3, -0.25) is 9.59 Å². The second-order valence-corrected chi connectivity index (χ2v) is 13.8. The van der Waals surface area contributed by atoms with Gasteiger partial charge in [0, 0.05) is 43.5 Å². The number of nitrogens with zero attached hydrogens (tertiary/aromatic N) is 2. The highest BCUT2D eigenvalue weighted by molar-refractivity contribution is 6.12. The number of carbonyl (C=O) groups is 2. The number of nitrogens with one attached hydrogen (secondary N) is 1. The number of hydrogen-bond donors (Lipinski definition) is 1. The summed E-state index contributed by atoms with van der Waals surface area (Å²) < 4.78 is 29.2. The molecule has 2 unspecified atom stereocenters. The molecule has 0 radical (unpaired) electrons. The Labute approximate surface area is 290 Å².